The number of nitrogens with zero attached hydrogens (tertiary/aromatic N) is 3. The molecule has 0 aliphatic rings. The summed E-state index contributed by atoms with van der Waals surface area (Å²) < 4.78 is 4.39. The highest BCUT2D eigenvalue weighted by molar-refractivity contribution is 7.09. The van der Waals surface area contributed by atoms with E-state index in [4.69, 9.17) is 0 Å². The molecule has 1 rings (SSSR count). The fourth-order valence-corrected chi connectivity index (χ4v) is 2.42. The molecule has 4 nitrogen and oxygen atoms in total. The maximum Gasteiger partial charge on any atom is 0.202 e. The fraction of sp³-hybridized carbons (Fsp3) is 0.846. The van der Waals surface area contributed by atoms with Gasteiger partial charge >= 0.3 is 0 Å². The van der Waals surface area contributed by atoms with Gasteiger partial charge in [0.25, 0.3) is 0 Å². The van der Waals surface area contributed by atoms with E-state index in [1.54, 1.807) is 0 Å². The monoisotopic (exact) mass is 270 g/mol. The van der Waals surface area contributed by atoms with Crippen LogP contribution in [0.15, 0.2) is 0 Å². The Hall–Kier alpha value is -0.680. The molecule has 0 amide bonds. The van der Waals surface area contributed by atoms with Crippen LogP contribution >= 0.6 is 11.5 Å². The molecule has 104 valence electrons. The van der Waals surface area contributed by atoms with Crippen LogP contribution in [-0.4, -0.2) is 40.4 Å². The van der Waals surface area contributed by atoms with Gasteiger partial charge in [-0.15, -0.1) is 0 Å². The summed E-state index contributed by atoms with van der Waals surface area (Å²) in [6.45, 7) is 15.2. The van der Waals surface area contributed by atoms with Gasteiger partial charge in [-0.2, -0.15) is 4.37 Å². The summed E-state index contributed by atoms with van der Waals surface area (Å²) in [6, 6.07) is 0. The van der Waals surface area contributed by atoms with Crippen molar-refractivity contribution in [2.24, 2.45) is 0 Å². The molecule has 1 heterocycles. The molecule has 0 saturated carbocycles. The quantitative estimate of drug-likeness (QED) is 0.773. The van der Waals surface area contributed by atoms with Crippen LogP contribution in [-0.2, 0) is 5.41 Å². The van der Waals surface area contributed by atoms with Gasteiger partial charge in [-0.3, -0.25) is 0 Å². The molecule has 1 N–H and O–H groups in total. The number of hydrogen-bond acceptors (Lipinski definition) is 5. The first-order valence-electron chi connectivity index (χ1n) is 6.77. The molecular formula is C13H26N4S. The summed E-state index contributed by atoms with van der Waals surface area (Å²) in [4.78, 5) is 6.95. The minimum atomic E-state index is 0.0393. The van der Waals surface area contributed by atoms with E-state index in [0.29, 0.717) is 0 Å². The number of nitrogens with one attached hydrogen (secondary N) is 1. The molecule has 0 atom stereocenters. The Balaban J connectivity index is 2.30. The van der Waals surface area contributed by atoms with E-state index in [9.17, 15) is 0 Å². The van der Waals surface area contributed by atoms with Crippen molar-refractivity contribution in [2.75, 3.05) is 31.5 Å². The molecule has 5 heteroatoms. The van der Waals surface area contributed by atoms with E-state index in [2.05, 4.69) is 54.2 Å². The van der Waals surface area contributed by atoms with Gasteiger partial charge in [0.2, 0.25) is 5.13 Å². The molecule has 0 radical (unpaired) electrons. The summed E-state index contributed by atoms with van der Waals surface area (Å²) in [5.74, 6) is 0.929. The predicted molar refractivity (Wildman–Crippen MR) is 79.5 cm³/mol. The Kier molecular flexibility index (Phi) is 6.02. The van der Waals surface area contributed by atoms with E-state index in [1.165, 1.54) is 11.5 Å². The van der Waals surface area contributed by atoms with Crippen molar-refractivity contribution >= 4 is 16.7 Å². The van der Waals surface area contributed by atoms with Crippen LogP contribution in [0.1, 0.15) is 46.9 Å². The lowest BCUT2D eigenvalue weighted by Gasteiger charge is -2.17. The lowest BCUT2D eigenvalue weighted by Crippen LogP contribution is -2.25. The van der Waals surface area contributed by atoms with Gasteiger partial charge in [-0.1, -0.05) is 34.6 Å². The fourth-order valence-electron chi connectivity index (χ4n) is 1.64. The molecular weight excluding hydrogens is 244 g/mol. The standard InChI is InChI=1S/C13H26N4S/c1-6-17(7-2)10-8-9-14-12-15-11(16-18-12)13(3,4)5/h6-10H2,1-5H3,(H,14,15,16). The van der Waals surface area contributed by atoms with Gasteiger partial charge in [-0.05, 0) is 26.1 Å². The van der Waals surface area contributed by atoms with E-state index >= 15 is 0 Å². The zero-order valence-corrected chi connectivity index (χ0v) is 13.1. The van der Waals surface area contributed by atoms with E-state index in [-0.39, 0.29) is 5.41 Å². The summed E-state index contributed by atoms with van der Waals surface area (Å²) in [7, 11) is 0. The van der Waals surface area contributed by atoms with Crippen LogP contribution < -0.4 is 5.32 Å². The molecule has 0 aromatic carbocycles. The molecule has 0 aliphatic carbocycles. The van der Waals surface area contributed by atoms with Crippen LogP contribution in [0.3, 0.4) is 0 Å². The second-order valence-electron chi connectivity index (χ2n) is 5.48. The highest BCUT2D eigenvalue weighted by Gasteiger charge is 2.19. The number of rotatable bonds is 7. The smallest absolute Gasteiger partial charge is 0.202 e. The maximum atomic E-state index is 4.52. The third-order valence-electron chi connectivity index (χ3n) is 2.92. The molecule has 0 spiro atoms. The molecule has 0 bridgehead atoms. The highest BCUT2D eigenvalue weighted by Crippen LogP contribution is 2.22. The van der Waals surface area contributed by atoms with Crippen LogP contribution in [0.25, 0.3) is 0 Å². The van der Waals surface area contributed by atoms with Gasteiger partial charge in [0.1, 0.15) is 5.82 Å². The van der Waals surface area contributed by atoms with Crippen LogP contribution in [0.2, 0.25) is 0 Å². The van der Waals surface area contributed by atoms with Crippen LogP contribution in [0.5, 0.6) is 0 Å². The average Bonchev–Trinajstić information content (AvgIpc) is 2.78. The van der Waals surface area contributed by atoms with Gasteiger partial charge in [-0.25, -0.2) is 4.98 Å². The molecule has 1 aromatic heterocycles. The third-order valence-corrected chi connectivity index (χ3v) is 3.59. The molecule has 0 fully saturated rings. The van der Waals surface area contributed by atoms with Crippen molar-refractivity contribution in [2.45, 2.75) is 46.5 Å². The molecule has 0 aliphatic heterocycles. The predicted octanol–water partition coefficient (Wildman–Crippen LogP) is 2.98. The number of hydrogen-bond donors (Lipinski definition) is 1. The highest BCUT2D eigenvalue weighted by atomic mass is 32.1. The number of aromatic nitrogens is 2. The average molecular weight is 270 g/mol. The first-order chi connectivity index (χ1) is 8.47. The molecule has 18 heavy (non-hydrogen) atoms. The Morgan fingerprint density at radius 3 is 2.39 bits per heavy atom. The molecule has 0 saturated heterocycles. The van der Waals surface area contributed by atoms with Crippen molar-refractivity contribution in [3.05, 3.63) is 5.82 Å². The van der Waals surface area contributed by atoms with Gasteiger partial charge in [0.05, 0.1) is 0 Å². The Morgan fingerprint density at radius 1 is 1.22 bits per heavy atom. The first-order valence-corrected chi connectivity index (χ1v) is 7.55. The van der Waals surface area contributed by atoms with Crippen molar-refractivity contribution < 1.29 is 0 Å². The van der Waals surface area contributed by atoms with Gasteiger partial charge in [0, 0.05) is 23.5 Å². The topological polar surface area (TPSA) is 41.0 Å². The lowest BCUT2D eigenvalue weighted by molar-refractivity contribution is 0.303. The second-order valence-corrected chi connectivity index (χ2v) is 6.23. The summed E-state index contributed by atoms with van der Waals surface area (Å²) in [5, 5.41) is 4.30. The minimum Gasteiger partial charge on any atom is -0.360 e. The van der Waals surface area contributed by atoms with E-state index < -0.39 is 0 Å². The van der Waals surface area contributed by atoms with E-state index in [1.807, 2.05) is 0 Å². The Labute approximate surface area is 115 Å². The summed E-state index contributed by atoms with van der Waals surface area (Å²) in [5.41, 5.74) is 0.0393. The van der Waals surface area contributed by atoms with Crippen molar-refractivity contribution in [3.8, 4) is 0 Å². The summed E-state index contributed by atoms with van der Waals surface area (Å²) in [6.07, 6.45) is 1.14. The van der Waals surface area contributed by atoms with Crippen molar-refractivity contribution in [1.82, 2.24) is 14.3 Å². The van der Waals surface area contributed by atoms with Gasteiger partial charge in [0.15, 0.2) is 0 Å². The van der Waals surface area contributed by atoms with Crippen molar-refractivity contribution in [1.29, 1.82) is 0 Å². The largest absolute Gasteiger partial charge is 0.360 e. The van der Waals surface area contributed by atoms with Crippen molar-refractivity contribution in [3.63, 3.8) is 0 Å². The molecule has 1 aromatic rings. The molecule has 0 unspecified atom stereocenters. The maximum absolute atomic E-state index is 4.52. The van der Waals surface area contributed by atoms with Crippen LogP contribution in [0.4, 0.5) is 5.13 Å². The normalized spacial score (nSPS) is 12.1. The zero-order chi connectivity index (χ0) is 13.6. The third kappa shape index (κ3) is 4.90. The second kappa shape index (κ2) is 7.04. The first kappa shape index (κ1) is 15.4. The zero-order valence-electron chi connectivity index (χ0n) is 12.3. The van der Waals surface area contributed by atoms with Gasteiger partial charge < -0.3 is 10.2 Å². The Bertz CT molecular complexity index is 339. The van der Waals surface area contributed by atoms with Crippen LogP contribution in [0, 0.1) is 0 Å². The minimum absolute atomic E-state index is 0.0393. The van der Waals surface area contributed by atoms with E-state index in [0.717, 1.165) is 43.6 Å². The summed E-state index contributed by atoms with van der Waals surface area (Å²) >= 11 is 1.46. The SMILES string of the molecule is CCN(CC)CCCNc1nc(C(C)(C)C)ns1. The number of anilines is 1. The Morgan fingerprint density at radius 2 is 1.89 bits per heavy atom. The lowest BCUT2D eigenvalue weighted by atomic mass is 9.96.